The van der Waals surface area contributed by atoms with Gasteiger partial charge in [-0.25, -0.2) is 0 Å². The van der Waals surface area contributed by atoms with E-state index in [9.17, 15) is 27.9 Å². The van der Waals surface area contributed by atoms with Crippen molar-refractivity contribution in [3.8, 4) is 0 Å². The zero-order valence-electron chi connectivity index (χ0n) is 13.1. The molecule has 0 saturated carbocycles. The highest BCUT2D eigenvalue weighted by molar-refractivity contribution is 5.85. The van der Waals surface area contributed by atoms with Crippen LogP contribution >= 0.6 is 0 Å². The molecule has 1 aliphatic heterocycles. The van der Waals surface area contributed by atoms with E-state index in [2.05, 4.69) is 5.32 Å². The molecule has 1 aromatic rings. The van der Waals surface area contributed by atoms with Crippen LogP contribution in [0.1, 0.15) is 18.9 Å². The molecule has 2 N–H and O–H groups in total. The van der Waals surface area contributed by atoms with Gasteiger partial charge in [0.2, 0.25) is 11.8 Å². The number of aliphatic hydroxyl groups is 1. The number of halogens is 3. The van der Waals surface area contributed by atoms with Crippen molar-refractivity contribution in [3.05, 3.63) is 35.9 Å². The van der Waals surface area contributed by atoms with Gasteiger partial charge in [-0.2, -0.15) is 13.2 Å². The minimum Gasteiger partial charge on any atom is -0.376 e. The fourth-order valence-electron chi connectivity index (χ4n) is 2.58. The molecular weight excluding hydrogens is 325 g/mol. The number of hydrogen-bond donors (Lipinski definition) is 2. The van der Waals surface area contributed by atoms with Gasteiger partial charge in [0.15, 0.2) is 5.60 Å². The lowest BCUT2D eigenvalue weighted by atomic mass is 9.88. The summed E-state index contributed by atoms with van der Waals surface area (Å²) >= 11 is 0. The molecule has 0 bridgehead atoms. The van der Waals surface area contributed by atoms with E-state index in [-0.39, 0.29) is 24.6 Å². The first kappa shape index (κ1) is 18.3. The normalized spacial score (nSPS) is 17.8. The first-order chi connectivity index (χ1) is 11.2. The number of benzene rings is 1. The van der Waals surface area contributed by atoms with E-state index in [1.807, 2.05) is 0 Å². The average Bonchev–Trinajstić information content (AvgIpc) is 2.45. The quantitative estimate of drug-likeness (QED) is 0.849. The van der Waals surface area contributed by atoms with Gasteiger partial charge in [-0.05, 0) is 12.5 Å². The molecule has 1 atom stereocenters. The molecule has 0 aliphatic carbocycles. The molecule has 24 heavy (non-hydrogen) atoms. The second-order valence-corrected chi connectivity index (χ2v) is 5.79. The van der Waals surface area contributed by atoms with Crippen molar-refractivity contribution >= 4 is 11.8 Å². The van der Waals surface area contributed by atoms with Gasteiger partial charge in [0, 0.05) is 19.6 Å². The lowest BCUT2D eigenvalue weighted by Gasteiger charge is -2.40. The lowest BCUT2D eigenvalue weighted by molar-refractivity contribution is -0.268. The monoisotopic (exact) mass is 344 g/mol. The van der Waals surface area contributed by atoms with Gasteiger partial charge in [0.25, 0.3) is 0 Å². The highest BCUT2D eigenvalue weighted by Gasteiger charge is 2.56. The Balaban J connectivity index is 2.07. The third-order valence-corrected chi connectivity index (χ3v) is 4.08. The van der Waals surface area contributed by atoms with Crippen LogP contribution in [0, 0.1) is 5.92 Å². The molecule has 0 aromatic heterocycles. The molecule has 1 aromatic carbocycles. The summed E-state index contributed by atoms with van der Waals surface area (Å²) in [5.74, 6) is -1.47. The molecule has 2 amide bonds. The van der Waals surface area contributed by atoms with Gasteiger partial charge < -0.3 is 15.3 Å². The number of alkyl halides is 3. The largest absolute Gasteiger partial charge is 0.421 e. The molecule has 1 unspecified atom stereocenters. The maximum Gasteiger partial charge on any atom is 0.421 e. The van der Waals surface area contributed by atoms with Crippen molar-refractivity contribution in [2.75, 3.05) is 19.6 Å². The summed E-state index contributed by atoms with van der Waals surface area (Å²) in [6.45, 7) is 2.33. The number of nitrogens with zero attached hydrogens (tertiary/aromatic N) is 1. The van der Waals surface area contributed by atoms with Crippen LogP contribution in [-0.4, -0.2) is 47.6 Å². The topological polar surface area (TPSA) is 69.6 Å². The molecule has 2 rings (SSSR count). The third kappa shape index (κ3) is 3.53. The predicted octanol–water partition coefficient (Wildman–Crippen LogP) is 1.42. The lowest BCUT2D eigenvalue weighted by Crippen LogP contribution is -2.57. The fraction of sp³-hybridized carbons (Fsp3) is 0.500. The Morgan fingerprint density at radius 3 is 2.33 bits per heavy atom. The van der Waals surface area contributed by atoms with Crippen LogP contribution < -0.4 is 5.32 Å². The van der Waals surface area contributed by atoms with Crippen LogP contribution in [0.15, 0.2) is 30.3 Å². The smallest absolute Gasteiger partial charge is 0.376 e. The van der Waals surface area contributed by atoms with Crippen LogP contribution in [0.2, 0.25) is 0 Å². The SMILES string of the molecule is CCNC(=O)C1CN(C(=O)CC(O)(c2ccccc2)C(F)(F)F)C1. The van der Waals surface area contributed by atoms with E-state index in [1.54, 1.807) is 6.92 Å². The summed E-state index contributed by atoms with van der Waals surface area (Å²) in [4.78, 5) is 24.9. The maximum absolute atomic E-state index is 13.4. The molecule has 1 saturated heterocycles. The van der Waals surface area contributed by atoms with Crippen molar-refractivity contribution < 1.29 is 27.9 Å². The zero-order valence-corrected chi connectivity index (χ0v) is 13.1. The summed E-state index contributed by atoms with van der Waals surface area (Å²) in [5, 5.41) is 12.8. The van der Waals surface area contributed by atoms with Crippen molar-refractivity contribution in [2.24, 2.45) is 5.92 Å². The number of carbonyl (C=O) groups is 2. The number of amides is 2. The van der Waals surface area contributed by atoms with E-state index in [0.29, 0.717) is 6.54 Å². The number of likely N-dealkylation sites (tertiary alicyclic amines) is 1. The number of nitrogens with one attached hydrogen (secondary N) is 1. The maximum atomic E-state index is 13.4. The molecule has 1 heterocycles. The van der Waals surface area contributed by atoms with Crippen LogP contribution in [-0.2, 0) is 15.2 Å². The Bertz CT molecular complexity index is 600. The van der Waals surface area contributed by atoms with Crippen molar-refractivity contribution in [1.29, 1.82) is 0 Å². The Morgan fingerprint density at radius 1 is 1.25 bits per heavy atom. The average molecular weight is 344 g/mol. The molecule has 132 valence electrons. The van der Waals surface area contributed by atoms with Gasteiger partial charge in [0.1, 0.15) is 0 Å². The highest BCUT2D eigenvalue weighted by atomic mass is 19.4. The molecular formula is C16H19F3N2O3. The van der Waals surface area contributed by atoms with Gasteiger partial charge in [-0.3, -0.25) is 9.59 Å². The minimum atomic E-state index is -4.99. The Labute approximate surface area is 137 Å². The molecule has 0 radical (unpaired) electrons. The fourth-order valence-corrected chi connectivity index (χ4v) is 2.58. The third-order valence-electron chi connectivity index (χ3n) is 4.08. The van der Waals surface area contributed by atoms with E-state index < -0.39 is 30.0 Å². The second kappa shape index (κ2) is 6.80. The zero-order chi connectivity index (χ0) is 18.0. The summed E-state index contributed by atoms with van der Waals surface area (Å²) in [5.41, 5.74) is -3.63. The highest BCUT2D eigenvalue weighted by Crippen LogP contribution is 2.42. The van der Waals surface area contributed by atoms with Crippen molar-refractivity contribution in [3.63, 3.8) is 0 Å². The van der Waals surface area contributed by atoms with E-state index >= 15 is 0 Å². The number of carbonyl (C=O) groups excluding carboxylic acids is 2. The van der Waals surface area contributed by atoms with Crippen LogP contribution in [0.4, 0.5) is 13.2 Å². The van der Waals surface area contributed by atoms with E-state index in [0.717, 1.165) is 17.0 Å². The first-order valence-electron chi connectivity index (χ1n) is 7.59. The summed E-state index contributed by atoms with van der Waals surface area (Å²) in [6.07, 6.45) is -6.10. The Kier molecular flexibility index (Phi) is 5.17. The van der Waals surface area contributed by atoms with Crippen LogP contribution in [0.3, 0.4) is 0 Å². The van der Waals surface area contributed by atoms with Gasteiger partial charge >= 0.3 is 6.18 Å². The second-order valence-electron chi connectivity index (χ2n) is 5.79. The molecule has 1 aliphatic rings. The standard InChI is InChI=1S/C16H19F3N2O3/c1-2-20-14(23)11-9-21(10-11)13(22)8-15(24,16(17,18)19)12-6-4-3-5-7-12/h3-7,11,24H,2,8-10H2,1H3,(H,20,23). The predicted molar refractivity (Wildman–Crippen MR) is 79.8 cm³/mol. The van der Waals surface area contributed by atoms with Crippen LogP contribution in [0.25, 0.3) is 0 Å². The Morgan fingerprint density at radius 2 is 1.83 bits per heavy atom. The van der Waals surface area contributed by atoms with E-state index in [1.165, 1.54) is 18.2 Å². The van der Waals surface area contributed by atoms with Gasteiger partial charge in [-0.15, -0.1) is 0 Å². The minimum absolute atomic E-state index is 0.0629. The number of rotatable bonds is 5. The van der Waals surface area contributed by atoms with Crippen LogP contribution in [0.5, 0.6) is 0 Å². The first-order valence-corrected chi connectivity index (χ1v) is 7.59. The van der Waals surface area contributed by atoms with Crippen molar-refractivity contribution in [1.82, 2.24) is 10.2 Å². The number of hydrogen-bond acceptors (Lipinski definition) is 3. The van der Waals surface area contributed by atoms with Crippen molar-refractivity contribution in [2.45, 2.75) is 25.1 Å². The Hall–Kier alpha value is -2.09. The molecule has 5 nitrogen and oxygen atoms in total. The summed E-state index contributed by atoms with van der Waals surface area (Å²) < 4.78 is 40.1. The summed E-state index contributed by atoms with van der Waals surface area (Å²) in [7, 11) is 0. The van der Waals surface area contributed by atoms with Gasteiger partial charge in [0.05, 0.1) is 12.3 Å². The molecule has 1 fully saturated rings. The van der Waals surface area contributed by atoms with E-state index in [4.69, 9.17) is 0 Å². The van der Waals surface area contributed by atoms with Gasteiger partial charge in [-0.1, -0.05) is 30.3 Å². The summed E-state index contributed by atoms with van der Waals surface area (Å²) in [6, 6.07) is 6.52. The molecule has 0 spiro atoms. The molecule has 8 heteroatoms.